The molecule has 1 aromatic carbocycles. The van der Waals surface area contributed by atoms with Crippen molar-refractivity contribution in [3.05, 3.63) is 29.8 Å². The molecule has 2 aliphatic carbocycles. The highest BCUT2D eigenvalue weighted by molar-refractivity contribution is 5.94. The number of rotatable bonds is 6. The summed E-state index contributed by atoms with van der Waals surface area (Å²) in [5.41, 5.74) is 0.575. The molecule has 2 saturated carbocycles. The summed E-state index contributed by atoms with van der Waals surface area (Å²) in [7, 11) is 0. The zero-order chi connectivity index (χ0) is 21.2. The molecule has 5 rings (SSSR count). The van der Waals surface area contributed by atoms with E-state index in [0.29, 0.717) is 18.8 Å². The van der Waals surface area contributed by atoms with Gasteiger partial charge in [0.05, 0.1) is 31.4 Å². The number of amides is 2. The van der Waals surface area contributed by atoms with E-state index in [0.717, 1.165) is 31.4 Å². The molecular weight excluding hydrogens is 396 g/mol. The van der Waals surface area contributed by atoms with E-state index in [4.69, 9.17) is 14.2 Å². The van der Waals surface area contributed by atoms with E-state index in [9.17, 15) is 9.59 Å². The van der Waals surface area contributed by atoms with Crippen molar-refractivity contribution in [2.75, 3.05) is 13.2 Å². The van der Waals surface area contributed by atoms with Crippen molar-refractivity contribution in [1.82, 2.24) is 10.6 Å². The molecule has 168 valence electrons. The van der Waals surface area contributed by atoms with Crippen LogP contribution in [0.1, 0.15) is 61.7 Å². The van der Waals surface area contributed by atoms with Crippen molar-refractivity contribution >= 4 is 11.8 Å². The highest BCUT2D eigenvalue weighted by Gasteiger charge is 2.49. The quantitative estimate of drug-likeness (QED) is 0.681. The Morgan fingerprint density at radius 3 is 2.23 bits per heavy atom. The molecule has 4 fully saturated rings. The van der Waals surface area contributed by atoms with E-state index < -0.39 is 0 Å². The maximum absolute atomic E-state index is 12.9. The van der Waals surface area contributed by atoms with Crippen LogP contribution in [0.5, 0.6) is 5.75 Å². The molecule has 2 saturated heterocycles. The molecule has 0 unspecified atom stereocenters. The number of fused-ring (bicyclic) bond motifs is 1. The number of carbonyl (C=O) groups is 2. The SMILES string of the molecule is O=C(N[C@H]1CO[C@H]2[C@@H]1OC[C@@H]2NC(=O)C1CC1)c1cccc(OC2CCCCCC2)c1. The summed E-state index contributed by atoms with van der Waals surface area (Å²) in [6.45, 7) is 0.806. The second-order valence-corrected chi connectivity index (χ2v) is 9.32. The lowest BCUT2D eigenvalue weighted by Gasteiger charge is -2.19. The van der Waals surface area contributed by atoms with Crippen LogP contribution < -0.4 is 15.4 Å². The molecular formula is C24H32N2O5. The summed E-state index contributed by atoms with van der Waals surface area (Å²) >= 11 is 0. The fraction of sp³-hybridized carbons (Fsp3) is 0.667. The van der Waals surface area contributed by atoms with Gasteiger partial charge in [0.1, 0.15) is 18.0 Å². The first-order chi connectivity index (χ1) is 15.2. The van der Waals surface area contributed by atoms with Crippen molar-refractivity contribution in [3.8, 4) is 5.75 Å². The van der Waals surface area contributed by atoms with E-state index in [2.05, 4.69) is 10.6 Å². The van der Waals surface area contributed by atoms with Crippen LogP contribution in [-0.4, -0.2) is 55.4 Å². The lowest BCUT2D eigenvalue weighted by Crippen LogP contribution is -2.47. The maximum Gasteiger partial charge on any atom is 0.251 e. The molecule has 4 atom stereocenters. The summed E-state index contributed by atoms with van der Waals surface area (Å²) in [6, 6.07) is 7.04. The van der Waals surface area contributed by atoms with Crippen molar-refractivity contribution in [1.29, 1.82) is 0 Å². The molecule has 0 bridgehead atoms. The van der Waals surface area contributed by atoms with Gasteiger partial charge in [-0.05, 0) is 56.7 Å². The van der Waals surface area contributed by atoms with Crippen molar-refractivity contribution in [2.45, 2.75) is 81.8 Å². The third-order valence-corrected chi connectivity index (χ3v) is 6.85. The first-order valence-electron chi connectivity index (χ1n) is 11.8. The van der Waals surface area contributed by atoms with Crippen molar-refractivity contribution in [3.63, 3.8) is 0 Å². The van der Waals surface area contributed by atoms with Crippen LogP contribution in [-0.2, 0) is 14.3 Å². The first kappa shape index (κ1) is 20.8. The largest absolute Gasteiger partial charge is 0.490 e. The molecule has 2 amide bonds. The zero-order valence-corrected chi connectivity index (χ0v) is 17.9. The molecule has 31 heavy (non-hydrogen) atoms. The summed E-state index contributed by atoms with van der Waals surface area (Å²) in [5, 5.41) is 6.11. The Balaban J connectivity index is 1.16. The summed E-state index contributed by atoms with van der Waals surface area (Å²) < 4.78 is 18.0. The Labute approximate surface area is 183 Å². The van der Waals surface area contributed by atoms with Crippen molar-refractivity contribution < 1.29 is 23.8 Å². The van der Waals surface area contributed by atoms with Gasteiger partial charge in [-0.3, -0.25) is 9.59 Å². The van der Waals surface area contributed by atoms with Crippen LogP contribution in [0, 0.1) is 5.92 Å². The molecule has 1 aromatic rings. The highest BCUT2D eigenvalue weighted by atomic mass is 16.6. The number of ether oxygens (including phenoxy) is 3. The minimum Gasteiger partial charge on any atom is -0.490 e. The van der Waals surface area contributed by atoms with Gasteiger partial charge in [0, 0.05) is 11.5 Å². The summed E-state index contributed by atoms with van der Waals surface area (Å²) in [6.07, 6.45) is 8.85. The van der Waals surface area contributed by atoms with Gasteiger partial charge in [0.2, 0.25) is 5.91 Å². The number of nitrogens with one attached hydrogen (secondary N) is 2. The second kappa shape index (κ2) is 9.17. The Morgan fingerprint density at radius 2 is 1.55 bits per heavy atom. The van der Waals surface area contributed by atoms with Crippen LogP contribution in [0.4, 0.5) is 0 Å². The third-order valence-electron chi connectivity index (χ3n) is 6.85. The number of benzene rings is 1. The van der Waals surface area contributed by atoms with E-state index in [1.165, 1.54) is 25.7 Å². The second-order valence-electron chi connectivity index (χ2n) is 9.32. The minimum absolute atomic E-state index is 0.0934. The topological polar surface area (TPSA) is 85.9 Å². The average Bonchev–Trinajstić information content (AvgIpc) is 3.51. The predicted octanol–water partition coefficient (Wildman–Crippen LogP) is 2.58. The Kier molecular flexibility index (Phi) is 6.14. The fourth-order valence-corrected chi connectivity index (χ4v) is 4.91. The molecule has 2 N–H and O–H groups in total. The molecule has 7 heteroatoms. The van der Waals surface area contributed by atoms with Crippen LogP contribution in [0.15, 0.2) is 24.3 Å². The van der Waals surface area contributed by atoms with E-state index in [1.807, 2.05) is 18.2 Å². The van der Waals surface area contributed by atoms with Crippen LogP contribution in [0.2, 0.25) is 0 Å². The molecule has 7 nitrogen and oxygen atoms in total. The average molecular weight is 429 g/mol. The van der Waals surface area contributed by atoms with Crippen LogP contribution in [0.3, 0.4) is 0 Å². The smallest absolute Gasteiger partial charge is 0.251 e. The fourth-order valence-electron chi connectivity index (χ4n) is 4.91. The Morgan fingerprint density at radius 1 is 0.871 bits per heavy atom. The first-order valence-corrected chi connectivity index (χ1v) is 11.8. The third kappa shape index (κ3) is 4.88. The zero-order valence-electron chi connectivity index (χ0n) is 17.9. The molecule has 4 aliphatic rings. The molecule has 2 heterocycles. The monoisotopic (exact) mass is 428 g/mol. The number of carbonyl (C=O) groups excluding carboxylic acids is 2. The number of hydrogen-bond donors (Lipinski definition) is 2. The lowest BCUT2D eigenvalue weighted by atomic mass is 10.1. The van der Waals surface area contributed by atoms with Crippen molar-refractivity contribution in [2.24, 2.45) is 5.92 Å². The van der Waals surface area contributed by atoms with Gasteiger partial charge in [-0.1, -0.05) is 18.9 Å². The van der Waals surface area contributed by atoms with E-state index in [-0.39, 0.29) is 48.1 Å². The van der Waals surface area contributed by atoms with Gasteiger partial charge in [-0.15, -0.1) is 0 Å². The van der Waals surface area contributed by atoms with Gasteiger partial charge in [0.15, 0.2) is 0 Å². The van der Waals surface area contributed by atoms with E-state index in [1.54, 1.807) is 6.07 Å². The van der Waals surface area contributed by atoms with Gasteiger partial charge in [-0.2, -0.15) is 0 Å². The molecule has 0 radical (unpaired) electrons. The summed E-state index contributed by atoms with van der Waals surface area (Å²) in [5.74, 6) is 0.842. The van der Waals surface area contributed by atoms with Gasteiger partial charge >= 0.3 is 0 Å². The standard InChI is InChI=1S/C24H32N2O5/c27-23(15-10-11-15)25-19-13-29-22-20(14-30-21(19)22)26-24(28)16-6-5-9-18(12-16)31-17-7-3-1-2-4-8-17/h5-6,9,12,15,17,19-22H,1-4,7-8,10-11,13-14H2,(H,25,27)(H,26,28)/t19-,20-,21+,22+/m0/s1. The molecule has 0 aromatic heterocycles. The minimum atomic E-state index is -0.237. The molecule has 2 aliphatic heterocycles. The van der Waals surface area contributed by atoms with Gasteiger partial charge < -0.3 is 24.8 Å². The van der Waals surface area contributed by atoms with Gasteiger partial charge in [0.25, 0.3) is 5.91 Å². The van der Waals surface area contributed by atoms with Crippen LogP contribution in [0.25, 0.3) is 0 Å². The van der Waals surface area contributed by atoms with Crippen LogP contribution >= 0.6 is 0 Å². The maximum atomic E-state index is 12.9. The van der Waals surface area contributed by atoms with E-state index >= 15 is 0 Å². The number of hydrogen-bond acceptors (Lipinski definition) is 5. The lowest BCUT2D eigenvalue weighted by molar-refractivity contribution is -0.123. The van der Waals surface area contributed by atoms with Gasteiger partial charge in [-0.25, -0.2) is 0 Å². The Bertz CT molecular complexity index is 803. The summed E-state index contributed by atoms with van der Waals surface area (Å²) in [4.78, 5) is 25.0. The normalized spacial score (nSPS) is 31.0. The molecule has 0 spiro atoms. The highest BCUT2D eigenvalue weighted by Crippen LogP contribution is 2.31. The Hall–Kier alpha value is -2.12. The predicted molar refractivity (Wildman–Crippen MR) is 114 cm³/mol.